The Balaban J connectivity index is 1.69. The number of pyridine rings is 1. The van der Waals surface area contributed by atoms with Crippen LogP contribution in [0.4, 0.5) is 0 Å². The van der Waals surface area contributed by atoms with E-state index in [1.165, 1.54) is 6.39 Å². The molecule has 1 amide bonds. The number of aromatic hydroxyl groups is 1. The monoisotopic (exact) mass is 365 g/mol. The molecule has 0 fully saturated rings. The number of benzene rings is 1. The molecule has 27 heavy (non-hydrogen) atoms. The van der Waals surface area contributed by atoms with Gasteiger partial charge < -0.3 is 19.2 Å². The highest BCUT2D eigenvalue weighted by molar-refractivity contribution is 5.93. The van der Waals surface area contributed by atoms with E-state index < -0.39 is 0 Å². The molecule has 7 nitrogen and oxygen atoms in total. The van der Waals surface area contributed by atoms with Crippen LogP contribution in [0.5, 0.6) is 11.5 Å². The molecule has 7 heteroatoms. The first-order valence-corrected chi connectivity index (χ1v) is 8.78. The van der Waals surface area contributed by atoms with Crippen molar-refractivity contribution in [2.24, 2.45) is 0 Å². The first kappa shape index (κ1) is 17.1. The van der Waals surface area contributed by atoms with Crippen molar-refractivity contribution in [1.29, 1.82) is 0 Å². The molecule has 0 saturated carbocycles. The van der Waals surface area contributed by atoms with Crippen LogP contribution >= 0.6 is 0 Å². The molecule has 3 aromatic rings. The zero-order valence-corrected chi connectivity index (χ0v) is 14.9. The van der Waals surface area contributed by atoms with Crippen molar-refractivity contribution in [2.75, 3.05) is 13.2 Å². The highest BCUT2D eigenvalue weighted by Crippen LogP contribution is 2.37. The SMILES string of the molecule is CCc1ocnc1C(=O)N1CCOc2c(O)cc(-c3cccnc3)cc2C1. The highest BCUT2D eigenvalue weighted by atomic mass is 16.5. The van der Waals surface area contributed by atoms with E-state index in [9.17, 15) is 9.90 Å². The second-order valence-corrected chi connectivity index (χ2v) is 6.28. The van der Waals surface area contributed by atoms with Crippen molar-refractivity contribution in [3.63, 3.8) is 0 Å². The standard InChI is InChI=1S/C20H19N3O4/c1-2-17-18(22-12-27-17)20(25)23-6-7-26-19-15(11-23)8-14(9-16(19)24)13-4-3-5-21-10-13/h3-5,8-10,12,24H,2,6-7,11H2,1H3. The Morgan fingerprint density at radius 2 is 2.22 bits per heavy atom. The van der Waals surface area contributed by atoms with Crippen LogP contribution < -0.4 is 4.74 Å². The molecule has 0 spiro atoms. The molecule has 3 heterocycles. The van der Waals surface area contributed by atoms with Gasteiger partial charge in [0.25, 0.3) is 5.91 Å². The number of aromatic nitrogens is 2. The maximum atomic E-state index is 12.9. The molecule has 0 aliphatic carbocycles. The van der Waals surface area contributed by atoms with Crippen molar-refractivity contribution in [1.82, 2.24) is 14.9 Å². The number of carbonyl (C=O) groups excluding carboxylic acids is 1. The van der Waals surface area contributed by atoms with Crippen molar-refractivity contribution in [3.05, 3.63) is 60.1 Å². The molecule has 0 bridgehead atoms. The van der Waals surface area contributed by atoms with Gasteiger partial charge in [0, 0.05) is 36.5 Å². The molecule has 4 rings (SSSR count). The number of ether oxygens (including phenoxy) is 1. The molecule has 0 radical (unpaired) electrons. The predicted octanol–water partition coefficient (Wildman–Crippen LogP) is 3.04. The second kappa shape index (κ2) is 7.11. The second-order valence-electron chi connectivity index (χ2n) is 6.28. The van der Waals surface area contributed by atoms with Crippen LogP contribution in [0.3, 0.4) is 0 Å². The number of fused-ring (bicyclic) bond motifs is 1. The van der Waals surface area contributed by atoms with Crippen molar-refractivity contribution in [2.45, 2.75) is 19.9 Å². The molecule has 2 aromatic heterocycles. The number of phenolic OH excluding ortho intramolecular Hbond substituents is 1. The summed E-state index contributed by atoms with van der Waals surface area (Å²) >= 11 is 0. The van der Waals surface area contributed by atoms with E-state index in [0.29, 0.717) is 36.7 Å². The minimum Gasteiger partial charge on any atom is -0.504 e. The maximum absolute atomic E-state index is 12.9. The molecule has 0 atom stereocenters. The minimum absolute atomic E-state index is 0.0522. The third-order valence-corrected chi connectivity index (χ3v) is 4.56. The molecule has 138 valence electrons. The van der Waals surface area contributed by atoms with Gasteiger partial charge in [-0.25, -0.2) is 4.98 Å². The van der Waals surface area contributed by atoms with Crippen LogP contribution in [0.1, 0.15) is 28.7 Å². The van der Waals surface area contributed by atoms with E-state index in [2.05, 4.69) is 9.97 Å². The summed E-state index contributed by atoms with van der Waals surface area (Å²) in [5.41, 5.74) is 2.75. The largest absolute Gasteiger partial charge is 0.504 e. The highest BCUT2D eigenvalue weighted by Gasteiger charge is 2.26. The average molecular weight is 365 g/mol. The molecule has 1 aromatic carbocycles. The van der Waals surface area contributed by atoms with Gasteiger partial charge in [0.2, 0.25) is 0 Å². The van der Waals surface area contributed by atoms with E-state index in [1.807, 2.05) is 25.1 Å². The Kier molecular flexibility index (Phi) is 4.50. The summed E-state index contributed by atoms with van der Waals surface area (Å²) in [6.07, 6.45) is 5.30. The first-order chi connectivity index (χ1) is 13.2. The van der Waals surface area contributed by atoms with Crippen molar-refractivity contribution < 1.29 is 19.1 Å². The van der Waals surface area contributed by atoms with Gasteiger partial charge >= 0.3 is 0 Å². The van der Waals surface area contributed by atoms with Crippen LogP contribution in [0.15, 0.2) is 47.5 Å². The Hall–Kier alpha value is -3.35. The number of amides is 1. The van der Waals surface area contributed by atoms with Crippen LogP contribution in [-0.2, 0) is 13.0 Å². The number of hydrogen-bond acceptors (Lipinski definition) is 6. The fraction of sp³-hybridized carbons (Fsp3) is 0.250. The number of nitrogens with zero attached hydrogens (tertiary/aromatic N) is 3. The molecule has 1 aliphatic heterocycles. The molecule has 1 aliphatic rings. The minimum atomic E-state index is -0.205. The maximum Gasteiger partial charge on any atom is 0.276 e. The Labute approximate surface area is 156 Å². The molecule has 0 unspecified atom stereocenters. The summed E-state index contributed by atoms with van der Waals surface area (Å²) in [5, 5.41) is 10.4. The Morgan fingerprint density at radius 1 is 1.33 bits per heavy atom. The van der Waals surface area contributed by atoms with Gasteiger partial charge in [-0.15, -0.1) is 0 Å². The molecular formula is C20H19N3O4. The van der Waals surface area contributed by atoms with E-state index in [4.69, 9.17) is 9.15 Å². The van der Waals surface area contributed by atoms with Gasteiger partial charge in [0.1, 0.15) is 12.4 Å². The zero-order valence-electron chi connectivity index (χ0n) is 14.9. The molecule has 0 saturated heterocycles. The number of rotatable bonds is 3. The summed E-state index contributed by atoms with van der Waals surface area (Å²) in [6.45, 7) is 2.91. The zero-order chi connectivity index (χ0) is 18.8. The lowest BCUT2D eigenvalue weighted by atomic mass is 10.0. The lowest BCUT2D eigenvalue weighted by molar-refractivity contribution is 0.0725. The van der Waals surface area contributed by atoms with Gasteiger partial charge in [-0.1, -0.05) is 13.0 Å². The fourth-order valence-corrected chi connectivity index (χ4v) is 3.22. The van der Waals surface area contributed by atoms with Gasteiger partial charge in [0.05, 0.1) is 6.54 Å². The smallest absolute Gasteiger partial charge is 0.276 e. The van der Waals surface area contributed by atoms with Crippen LogP contribution in [0.2, 0.25) is 0 Å². The summed E-state index contributed by atoms with van der Waals surface area (Å²) in [7, 11) is 0. The number of aryl methyl sites for hydroxylation is 1. The molecular weight excluding hydrogens is 346 g/mol. The molecule has 1 N–H and O–H groups in total. The van der Waals surface area contributed by atoms with Crippen molar-refractivity contribution >= 4 is 5.91 Å². The van der Waals surface area contributed by atoms with Gasteiger partial charge in [-0.3, -0.25) is 9.78 Å². The third-order valence-electron chi connectivity index (χ3n) is 4.56. The quantitative estimate of drug-likeness (QED) is 0.767. The lowest BCUT2D eigenvalue weighted by Crippen LogP contribution is -2.33. The first-order valence-electron chi connectivity index (χ1n) is 8.78. The fourth-order valence-electron chi connectivity index (χ4n) is 3.22. The van der Waals surface area contributed by atoms with Crippen LogP contribution in [0.25, 0.3) is 11.1 Å². The van der Waals surface area contributed by atoms with E-state index in [-0.39, 0.29) is 18.3 Å². The predicted molar refractivity (Wildman–Crippen MR) is 97.5 cm³/mol. The van der Waals surface area contributed by atoms with E-state index in [1.54, 1.807) is 23.4 Å². The topological polar surface area (TPSA) is 88.7 Å². The van der Waals surface area contributed by atoms with Gasteiger partial charge in [-0.05, 0) is 23.8 Å². The lowest BCUT2D eigenvalue weighted by Gasteiger charge is -2.19. The van der Waals surface area contributed by atoms with Gasteiger partial charge in [-0.2, -0.15) is 0 Å². The number of hydrogen-bond donors (Lipinski definition) is 1. The van der Waals surface area contributed by atoms with Crippen LogP contribution in [-0.4, -0.2) is 39.0 Å². The average Bonchev–Trinajstić information content (AvgIpc) is 3.07. The Bertz CT molecular complexity index is 969. The van der Waals surface area contributed by atoms with E-state index >= 15 is 0 Å². The van der Waals surface area contributed by atoms with Crippen LogP contribution in [0, 0.1) is 0 Å². The summed E-state index contributed by atoms with van der Waals surface area (Å²) in [4.78, 5) is 22.8. The number of oxazole rings is 1. The summed E-state index contributed by atoms with van der Waals surface area (Å²) in [6, 6.07) is 7.32. The third kappa shape index (κ3) is 3.23. The number of carbonyl (C=O) groups is 1. The number of phenols is 1. The van der Waals surface area contributed by atoms with E-state index in [0.717, 1.165) is 16.7 Å². The normalized spacial score (nSPS) is 13.6. The van der Waals surface area contributed by atoms with Crippen molar-refractivity contribution in [3.8, 4) is 22.6 Å². The summed E-state index contributed by atoms with van der Waals surface area (Å²) in [5.74, 6) is 0.825. The van der Waals surface area contributed by atoms with Gasteiger partial charge in [0.15, 0.2) is 23.6 Å². The Morgan fingerprint density at radius 3 is 3.00 bits per heavy atom. The summed E-state index contributed by atoms with van der Waals surface area (Å²) < 4.78 is 11.0.